The summed E-state index contributed by atoms with van der Waals surface area (Å²) in [6.07, 6.45) is 10.8. The Morgan fingerprint density at radius 1 is 1.15 bits per heavy atom. The maximum atomic E-state index is 6.42. The van der Waals surface area contributed by atoms with Crippen LogP contribution in [0.4, 0.5) is 0 Å². The van der Waals surface area contributed by atoms with E-state index >= 15 is 0 Å². The Balaban J connectivity index is 1.70. The molecule has 1 aliphatic rings. The number of nitrogens with zero attached hydrogens (tertiary/aromatic N) is 1. The third-order valence-corrected chi connectivity index (χ3v) is 5.66. The van der Waals surface area contributed by atoms with Gasteiger partial charge in [0.2, 0.25) is 0 Å². The molecule has 2 nitrogen and oxygen atoms in total. The molecule has 1 aromatic heterocycles. The van der Waals surface area contributed by atoms with E-state index < -0.39 is 0 Å². The molecule has 0 radical (unpaired) electrons. The lowest BCUT2D eigenvalue weighted by Gasteiger charge is -2.23. The van der Waals surface area contributed by atoms with Crippen molar-refractivity contribution in [1.29, 1.82) is 0 Å². The van der Waals surface area contributed by atoms with Crippen LogP contribution in [0.15, 0.2) is 36.7 Å². The Bertz CT molecular complexity index is 558. The molecule has 1 aromatic carbocycles. The van der Waals surface area contributed by atoms with Crippen molar-refractivity contribution in [2.45, 2.75) is 43.4 Å². The first-order chi connectivity index (χ1) is 9.84. The predicted molar refractivity (Wildman–Crippen MR) is 88.0 cm³/mol. The average Bonchev–Trinajstić information content (AvgIpc) is 2.53. The van der Waals surface area contributed by atoms with E-state index in [0.29, 0.717) is 0 Å². The Hall–Kier alpha value is -1.06. The van der Waals surface area contributed by atoms with Crippen LogP contribution in [0.5, 0.6) is 0 Å². The summed E-state index contributed by atoms with van der Waals surface area (Å²) in [6, 6.07) is 8.47. The fourth-order valence-electron chi connectivity index (χ4n) is 3.00. The van der Waals surface area contributed by atoms with Crippen LogP contribution < -0.4 is 5.73 Å². The number of hydrogen-bond acceptors (Lipinski definition) is 3. The SMILES string of the molecule is NC(CSC1CCCCC1)c1cncc2ccccc12. The summed E-state index contributed by atoms with van der Waals surface area (Å²) in [5.41, 5.74) is 7.60. The van der Waals surface area contributed by atoms with Crippen LogP contribution in [-0.2, 0) is 0 Å². The number of fused-ring (bicyclic) bond motifs is 1. The molecular formula is C17H22N2S. The normalized spacial score (nSPS) is 18.2. The van der Waals surface area contributed by atoms with E-state index in [1.165, 1.54) is 48.4 Å². The van der Waals surface area contributed by atoms with Crippen LogP contribution in [0.1, 0.15) is 43.7 Å². The first-order valence-electron chi connectivity index (χ1n) is 7.54. The van der Waals surface area contributed by atoms with Gasteiger partial charge in [-0.05, 0) is 23.8 Å². The Morgan fingerprint density at radius 2 is 1.95 bits per heavy atom. The lowest BCUT2D eigenvalue weighted by Crippen LogP contribution is -2.17. The molecule has 1 fully saturated rings. The van der Waals surface area contributed by atoms with Gasteiger partial charge in [-0.2, -0.15) is 11.8 Å². The van der Waals surface area contributed by atoms with E-state index in [4.69, 9.17) is 5.73 Å². The molecule has 1 unspecified atom stereocenters. The quantitative estimate of drug-likeness (QED) is 0.910. The van der Waals surface area contributed by atoms with E-state index in [9.17, 15) is 0 Å². The molecule has 1 saturated carbocycles. The molecule has 0 saturated heterocycles. The summed E-state index contributed by atoms with van der Waals surface area (Å²) in [4.78, 5) is 4.34. The van der Waals surface area contributed by atoms with Gasteiger partial charge in [-0.1, -0.05) is 43.5 Å². The van der Waals surface area contributed by atoms with Crippen LogP contribution in [-0.4, -0.2) is 16.0 Å². The van der Waals surface area contributed by atoms with Gasteiger partial charge >= 0.3 is 0 Å². The predicted octanol–water partition coefficient (Wildman–Crippen LogP) is 4.30. The first-order valence-corrected chi connectivity index (χ1v) is 8.59. The van der Waals surface area contributed by atoms with Crippen LogP contribution >= 0.6 is 11.8 Å². The fourth-order valence-corrected chi connectivity index (χ4v) is 4.32. The lowest BCUT2D eigenvalue weighted by atomic mass is 10.0. The van der Waals surface area contributed by atoms with Gasteiger partial charge < -0.3 is 5.73 Å². The Kier molecular flexibility index (Phi) is 4.58. The van der Waals surface area contributed by atoms with E-state index in [0.717, 1.165) is 11.0 Å². The summed E-state index contributed by atoms with van der Waals surface area (Å²) >= 11 is 2.06. The standard InChI is InChI=1S/C17H22N2S/c18-17(12-20-14-7-2-1-3-8-14)16-11-19-10-13-6-4-5-9-15(13)16/h4-6,9-11,14,17H,1-3,7-8,12,18H2. The number of aromatic nitrogens is 1. The molecule has 1 aliphatic carbocycles. The monoisotopic (exact) mass is 286 g/mol. The zero-order chi connectivity index (χ0) is 13.8. The second-order valence-electron chi connectivity index (χ2n) is 5.65. The molecule has 0 aliphatic heterocycles. The topological polar surface area (TPSA) is 38.9 Å². The van der Waals surface area contributed by atoms with Gasteiger partial charge in [0, 0.05) is 34.8 Å². The molecule has 2 N–H and O–H groups in total. The molecule has 0 bridgehead atoms. The summed E-state index contributed by atoms with van der Waals surface area (Å²) in [5.74, 6) is 1.00. The summed E-state index contributed by atoms with van der Waals surface area (Å²) in [7, 11) is 0. The number of benzene rings is 1. The minimum absolute atomic E-state index is 0.0838. The highest BCUT2D eigenvalue weighted by molar-refractivity contribution is 7.99. The zero-order valence-corrected chi connectivity index (χ0v) is 12.6. The minimum Gasteiger partial charge on any atom is -0.323 e. The van der Waals surface area contributed by atoms with Gasteiger partial charge in [0.15, 0.2) is 0 Å². The van der Waals surface area contributed by atoms with Crippen LogP contribution in [0, 0.1) is 0 Å². The Labute approximate surface area is 125 Å². The highest BCUT2D eigenvalue weighted by Gasteiger charge is 2.17. The molecule has 106 valence electrons. The van der Waals surface area contributed by atoms with Crippen molar-refractivity contribution in [1.82, 2.24) is 4.98 Å². The van der Waals surface area contributed by atoms with E-state index in [1.807, 2.05) is 12.4 Å². The maximum absolute atomic E-state index is 6.42. The fraction of sp³-hybridized carbons (Fsp3) is 0.471. The molecule has 2 aromatic rings. The van der Waals surface area contributed by atoms with Gasteiger partial charge in [-0.3, -0.25) is 4.98 Å². The molecular weight excluding hydrogens is 264 g/mol. The lowest BCUT2D eigenvalue weighted by molar-refractivity contribution is 0.515. The number of nitrogens with two attached hydrogens (primary N) is 1. The van der Waals surface area contributed by atoms with Crippen LogP contribution in [0.3, 0.4) is 0 Å². The molecule has 20 heavy (non-hydrogen) atoms. The largest absolute Gasteiger partial charge is 0.323 e. The molecule has 1 heterocycles. The van der Waals surface area contributed by atoms with Gasteiger partial charge in [-0.25, -0.2) is 0 Å². The average molecular weight is 286 g/mol. The summed E-state index contributed by atoms with van der Waals surface area (Å²) in [5, 5.41) is 3.25. The number of hydrogen-bond donors (Lipinski definition) is 1. The number of thioether (sulfide) groups is 1. The van der Waals surface area contributed by atoms with Gasteiger partial charge in [0.25, 0.3) is 0 Å². The molecule has 1 atom stereocenters. The van der Waals surface area contributed by atoms with Crippen molar-refractivity contribution in [2.75, 3.05) is 5.75 Å². The Morgan fingerprint density at radius 3 is 2.80 bits per heavy atom. The van der Waals surface area contributed by atoms with Gasteiger partial charge in [-0.15, -0.1) is 0 Å². The first kappa shape index (κ1) is 13.9. The number of rotatable bonds is 4. The highest BCUT2D eigenvalue weighted by Crippen LogP contribution is 2.31. The van der Waals surface area contributed by atoms with Crippen molar-refractivity contribution in [3.63, 3.8) is 0 Å². The molecule has 3 rings (SSSR count). The molecule has 0 spiro atoms. The van der Waals surface area contributed by atoms with Gasteiger partial charge in [0.05, 0.1) is 0 Å². The van der Waals surface area contributed by atoms with E-state index in [-0.39, 0.29) is 6.04 Å². The van der Waals surface area contributed by atoms with E-state index in [2.05, 4.69) is 41.0 Å². The van der Waals surface area contributed by atoms with Crippen molar-refractivity contribution < 1.29 is 0 Å². The summed E-state index contributed by atoms with van der Waals surface area (Å²) < 4.78 is 0. The van der Waals surface area contributed by atoms with Crippen molar-refractivity contribution >= 4 is 22.5 Å². The van der Waals surface area contributed by atoms with E-state index in [1.54, 1.807) is 0 Å². The van der Waals surface area contributed by atoms with Crippen molar-refractivity contribution in [2.24, 2.45) is 5.73 Å². The van der Waals surface area contributed by atoms with Crippen LogP contribution in [0.2, 0.25) is 0 Å². The van der Waals surface area contributed by atoms with Crippen LogP contribution in [0.25, 0.3) is 10.8 Å². The molecule has 3 heteroatoms. The molecule has 0 amide bonds. The third kappa shape index (κ3) is 3.15. The minimum atomic E-state index is 0.0838. The summed E-state index contributed by atoms with van der Waals surface area (Å²) in [6.45, 7) is 0. The smallest absolute Gasteiger partial charge is 0.0408 e. The second kappa shape index (κ2) is 6.59. The van der Waals surface area contributed by atoms with Crippen molar-refractivity contribution in [3.8, 4) is 0 Å². The van der Waals surface area contributed by atoms with Gasteiger partial charge in [0.1, 0.15) is 0 Å². The second-order valence-corrected chi connectivity index (χ2v) is 6.98. The van der Waals surface area contributed by atoms with Crippen molar-refractivity contribution in [3.05, 3.63) is 42.2 Å². The third-order valence-electron chi connectivity index (χ3n) is 4.16. The maximum Gasteiger partial charge on any atom is 0.0408 e. The zero-order valence-electron chi connectivity index (χ0n) is 11.8. The number of pyridine rings is 1. The highest BCUT2D eigenvalue weighted by atomic mass is 32.2.